The second kappa shape index (κ2) is 7.28. The summed E-state index contributed by atoms with van der Waals surface area (Å²) in [7, 11) is 1.66. The van der Waals surface area contributed by atoms with Gasteiger partial charge in [0.25, 0.3) is 0 Å². The highest BCUT2D eigenvalue weighted by Gasteiger charge is 2.00. The number of methoxy groups -OCH3 is 1. The second-order valence-corrected chi connectivity index (χ2v) is 4.57. The van der Waals surface area contributed by atoms with Gasteiger partial charge in [-0.05, 0) is 37.0 Å². The van der Waals surface area contributed by atoms with Gasteiger partial charge in [-0.3, -0.25) is 0 Å². The minimum absolute atomic E-state index is 0.769. The molecule has 0 aliphatic heterocycles. The number of thioether (sulfide) groups is 1. The van der Waals surface area contributed by atoms with Crippen molar-refractivity contribution in [2.75, 3.05) is 36.7 Å². The molecule has 3 N–H and O–H groups in total. The number of ether oxygens (including phenoxy) is 1. The molecule has 0 spiro atoms. The Morgan fingerprint density at radius 3 is 2.88 bits per heavy atom. The van der Waals surface area contributed by atoms with Gasteiger partial charge in [0.15, 0.2) is 0 Å². The summed E-state index contributed by atoms with van der Waals surface area (Å²) in [6.07, 6.45) is 4.53. The topological polar surface area (TPSA) is 47.3 Å². The molecule has 90 valence electrons. The zero-order chi connectivity index (χ0) is 11.8. The third-order valence-electron chi connectivity index (χ3n) is 2.35. The molecule has 0 atom stereocenters. The van der Waals surface area contributed by atoms with Crippen molar-refractivity contribution in [3.63, 3.8) is 0 Å². The first-order valence-corrected chi connectivity index (χ1v) is 6.83. The van der Waals surface area contributed by atoms with Gasteiger partial charge in [-0.1, -0.05) is 0 Å². The number of anilines is 2. The van der Waals surface area contributed by atoms with Crippen LogP contribution in [-0.4, -0.2) is 25.7 Å². The Labute approximate surface area is 102 Å². The van der Waals surface area contributed by atoms with E-state index < -0.39 is 0 Å². The Balaban J connectivity index is 2.40. The molecule has 0 aromatic heterocycles. The van der Waals surface area contributed by atoms with Crippen LogP contribution in [0.2, 0.25) is 0 Å². The first-order valence-electron chi connectivity index (χ1n) is 5.44. The molecule has 1 aromatic rings. The van der Waals surface area contributed by atoms with E-state index in [1.165, 1.54) is 12.2 Å². The van der Waals surface area contributed by atoms with E-state index in [9.17, 15) is 0 Å². The monoisotopic (exact) mass is 240 g/mol. The molecule has 0 radical (unpaired) electrons. The average Bonchev–Trinajstić information content (AvgIpc) is 2.31. The molecule has 0 aliphatic rings. The van der Waals surface area contributed by atoms with Crippen molar-refractivity contribution in [1.82, 2.24) is 0 Å². The number of hydrogen-bond donors (Lipinski definition) is 2. The minimum atomic E-state index is 0.769. The molecular weight excluding hydrogens is 220 g/mol. The van der Waals surface area contributed by atoms with Crippen molar-refractivity contribution in [3.05, 3.63) is 18.2 Å². The zero-order valence-electron chi connectivity index (χ0n) is 9.95. The summed E-state index contributed by atoms with van der Waals surface area (Å²) in [6, 6.07) is 5.67. The molecule has 0 bridgehead atoms. The van der Waals surface area contributed by atoms with Crippen LogP contribution in [0.4, 0.5) is 11.4 Å². The molecule has 1 aromatic carbocycles. The quantitative estimate of drug-likeness (QED) is 0.568. The van der Waals surface area contributed by atoms with E-state index in [2.05, 4.69) is 11.6 Å². The Bertz CT molecular complexity index is 318. The number of nitrogen functional groups attached to an aromatic ring is 1. The van der Waals surface area contributed by atoms with Gasteiger partial charge in [-0.15, -0.1) is 0 Å². The van der Waals surface area contributed by atoms with Gasteiger partial charge < -0.3 is 15.8 Å². The summed E-state index contributed by atoms with van der Waals surface area (Å²) < 4.78 is 5.16. The van der Waals surface area contributed by atoms with Crippen LogP contribution in [0.25, 0.3) is 0 Å². The number of unbranched alkanes of at least 4 members (excludes halogenated alkanes) is 1. The van der Waals surface area contributed by atoms with E-state index in [-0.39, 0.29) is 0 Å². The first-order chi connectivity index (χ1) is 7.77. The summed E-state index contributed by atoms with van der Waals surface area (Å²) in [5.41, 5.74) is 7.59. The van der Waals surface area contributed by atoms with Gasteiger partial charge in [-0.25, -0.2) is 0 Å². The molecule has 4 heteroatoms. The summed E-state index contributed by atoms with van der Waals surface area (Å²) >= 11 is 1.88. The van der Waals surface area contributed by atoms with Crippen molar-refractivity contribution in [2.24, 2.45) is 0 Å². The first kappa shape index (κ1) is 13.0. The van der Waals surface area contributed by atoms with E-state index in [0.717, 1.165) is 30.1 Å². The normalized spacial score (nSPS) is 10.1. The van der Waals surface area contributed by atoms with Gasteiger partial charge in [-0.2, -0.15) is 11.8 Å². The van der Waals surface area contributed by atoms with E-state index in [0.29, 0.717) is 0 Å². The minimum Gasteiger partial charge on any atom is -0.497 e. The van der Waals surface area contributed by atoms with E-state index in [1.54, 1.807) is 7.11 Å². The third-order valence-corrected chi connectivity index (χ3v) is 3.05. The molecule has 1 rings (SSSR count). The Morgan fingerprint density at radius 1 is 1.38 bits per heavy atom. The van der Waals surface area contributed by atoms with Crippen molar-refractivity contribution >= 4 is 23.1 Å². The largest absolute Gasteiger partial charge is 0.497 e. The standard InChI is InChI=1S/C12H20N2OS/c1-15-10-5-6-11(13)12(9-10)14-7-3-4-8-16-2/h5-6,9,14H,3-4,7-8,13H2,1-2H3. The predicted octanol–water partition coefficient (Wildman–Crippen LogP) is 2.83. The van der Waals surface area contributed by atoms with Crippen LogP contribution in [0.1, 0.15) is 12.8 Å². The SMILES string of the molecule is COc1ccc(N)c(NCCCCSC)c1. The van der Waals surface area contributed by atoms with Crippen LogP contribution in [0.5, 0.6) is 5.75 Å². The fraction of sp³-hybridized carbons (Fsp3) is 0.500. The predicted molar refractivity (Wildman–Crippen MR) is 73.5 cm³/mol. The van der Waals surface area contributed by atoms with Crippen LogP contribution in [-0.2, 0) is 0 Å². The van der Waals surface area contributed by atoms with Crippen LogP contribution in [0.15, 0.2) is 18.2 Å². The third kappa shape index (κ3) is 4.23. The number of nitrogens with two attached hydrogens (primary N) is 1. The second-order valence-electron chi connectivity index (χ2n) is 3.58. The lowest BCUT2D eigenvalue weighted by Crippen LogP contribution is -2.04. The Hall–Kier alpha value is -1.03. The van der Waals surface area contributed by atoms with Crippen molar-refractivity contribution in [2.45, 2.75) is 12.8 Å². The lowest BCUT2D eigenvalue weighted by molar-refractivity contribution is 0.415. The molecule has 0 aliphatic carbocycles. The maximum atomic E-state index is 5.86. The summed E-state index contributed by atoms with van der Waals surface area (Å²) in [4.78, 5) is 0. The molecule has 0 saturated heterocycles. The fourth-order valence-electron chi connectivity index (χ4n) is 1.41. The number of hydrogen-bond acceptors (Lipinski definition) is 4. The highest BCUT2D eigenvalue weighted by atomic mass is 32.2. The lowest BCUT2D eigenvalue weighted by Gasteiger charge is -2.10. The van der Waals surface area contributed by atoms with Crippen molar-refractivity contribution < 1.29 is 4.74 Å². The van der Waals surface area contributed by atoms with Gasteiger partial charge >= 0.3 is 0 Å². The summed E-state index contributed by atoms with van der Waals surface area (Å²) in [6.45, 7) is 0.956. The van der Waals surface area contributed by atoms with Crippen LogP contribution < -0.4 is 15.8 Å². The van der Waals surface area contributed by atoms with Crippen molar-refractivity contribution in [1.29, 1.82) is 0 Å². The van der Waals surface area contributed by atoms with Gasteiger partial charge in [0, 0.05) is 12.6 Å². The average molecular weight is 240 g/mol. The zero-order valence-corrected chi connectivity index (χ0v) is 10.8. The van der Waals surface area contributed by atoms with E-state index in [4.69, 9.17) is 10.5 Å². The highest BCUT2D eigenvalue weighted by Crippen LogP contribution is 2.24. The molecule has 0 fully saturated rings. The van der Waals surface area contributed by atoms with Crippen LogP contribution in [0.3, 0.4) is 0 Å². The molecular formula is C12H20N2OS. The Morgan fingerprint density at radius 2 is 2.19 bits per heavy atom. The summed E-state index contributed by atoms with van der Waals surface area (Å²) in [5, 5.41) is 3.33. The number of rotatable bonds is 7. The van der Waals surface area contributed by atoms with Crippen molar-refractivity contribution in [3.8, 4) is 5.75 Å². The highest BCUT2D eigenvalue weighted by molar-refractivity contribution is 7.98. The summed E-state index contributed by atoms with van der Waals surface area (Å²) in [5.74, 6) is 2.05. The maximum absolute atomic E-state index is 5.86. The van der Waals surface area contributed by atoms with E-state index >= 15 is 0 Å². The van der Waals surface area contributed by atoms with Crippen LogP contribution in [0, 0.1) is 0 Å². The number of nitrogens with one attached hydrogen (secondary N) is 1. The fourth-order valence-corrected chi connectivity index (χ4v) is 1.90. The molecule has 0 heterocycles. The van der Waals surface area contributed by atoms with E-state index in [1.807, 2.05) is 30.0 Å². The van der Waals surface area contributed by atoms with Gasteiger partial charge in [0.05, 0.1) is 18.5 Å². The smallest absolute Gasteiger partial charge is 0.121 e. The number of benzene rings is 1. The molecule has 0 amide bonds. The maximum Gasteiger partial charge on any atom is 0.121 e. The van der Waals surface area contributed by atoms with Crippen LogP contribution >= 0.6 is 11.8 Å². The Kier molecular flexibility index (Phi) is 5.93. The van der Waals surface area contributed by atoms with Gasteiger partial charge in [0.1, 0.15) is 5.75 Å². The van der Waals surface area contributed by atoms with Gasteiger partial charge in [0.2, 0.25) is 0 Å². The molecule has 3 nitrogen and oxygen atoms in total. The molecule has 0 saturated carbocycles. The lowest BCUT2D eigenvalue weighted by atomic mass is 10.2. The molecule has 16 heavy (non-hydrogen) atoms. The molecule has 0 unspecified atom stereocenters.